The molecule has 1 atom stereocenters. The lowest BCUT2D eigenvalue weighted by Gasteiger charge is -2.16. The van der Waals surface area contributed by atoms with E-state index in [4.69, 9.17) is 14.7 Å². The fraction of sp³-hybridized carbons (Fsp3) is 0.462. The van der Waals surface area contributed by atoms with E-state index >= 15 is 0 Å². The van der Waals surface area contributed by atoms with E-state index in [-0.39, 0.29) is 24.1 Å². The second-order valence-electron chi connectivity index (χ2n) is 4.41. The predicted octanol–water partition coefficient (Wildman–Crippen LogP) is 1.87. The van der Waals surface area contributed by atoms with Crippen LogP contribution in [-0.4, -0.2) is 30.7 Å². The molecule has 0 amide bonds. The number of ether oxygens (including phenoxy) is 2. The standard InChI is InChI=1S/C13H17N3O4/c1-9(2)15-10(7-14)8-20-13-6-11(16(17)18)4-5-12(13)19-3/h4-6,9-10,15H,8H2,1-3H3. The smallest absolute Gasteiger partial charge is 0.273 e. The van der Waals surface area contributed by atoms with Crippen LogP contribution in [0.3, 0.4) is 0 Å². The fourth-order valence-electron chi connectivity index (χ4n) is 1.59. The molecule has 108 valence electrons. The number of nitrogens with one attached hydrogen (secondary N) is 1. The summed E-state index contributed by atoms with van der Waals surface area (Å²) in [5.74, 6) is 0.629. The van der Waals surface area contributed by atoms with E-state index in [1.807, 2.05) is 13.8 Å². The van der Waals surface area contributed by atoms with Gasteiger partial charge in [-0.1, -0.05) is 0 Å². The molecular weight excluding hydrogens is 262 g/mol. The summed E-state index contributed by atoms with van der Waals surface area (Å²) >= 11 is 0. The maximum Gasteiger partial charge on any atom is 0.273 e. The van der Waals surface area contributed by atoms with Crippen molar-refractivity contribution in [3.8, 4) is 17.6 Å². The first-order valence-corrected chi connectivity index (χ1v) is 6.08. The molecule has 7 nitrogen and oxygen atoms in total. The van der Waals surface area contributed by atoms with Crippen molar-refractivity contribution in [3.63, 3.8) is 0 Å². The number of rotatable bonds is 7. The lowest BCUT2D eigenvalue weighted by atomic mass is 10.2. The first-order valence-electron chi connectivity index (χ1n) is 6.08. The van der Waals surface area contributed by atoms with Crippen molar-refractivity contribution in [2.24, 2.45) is 0 Å². The lowest BCUT2D eigenvalue weighted by molar-refractivity contribution is -0.385. The van der Waals surface area contributed by atoms with Gasteiger partial charge in [-0.05, 0) is 19.9 Å². The number of methoxy groups -OCH3 is 1. The highest BCUT2D eigenvalue weighted by atomic mass is 16.6. The van der Waals surface area contributed by atoms with Gasteiger partial charge in [0.15, 0.2) is 11.5 Å². The van der Waals surface area contributed by atoms with Gasteiger partial charge in [-0.25, -0.2) is 0 Å². The van der Waals surface area contributed by atoms with Gasteiger partial charge in [-0.2, -0.15) is 5.26 Å². The summed E-state index contributed by atoms with van der Waals surface area (Å²) in [6.07, 6.45) is 0. The van der Waals surface area contributed by atoms with Crippen LogP contribution in [0.4, 0.5) is 5.69 Å². The second-order valence-corrected chi connectivity index (χ2v) is 4.41. The number of nitrogens with zero attached hydrogens (tertiary/aromatic N) is 2. The Morgan fingerprint density at radius 1 is 1.45 bits per heavy atom. The highest BCUT2D eigenvalue weighted by Gasteiger charge is 2.15. The van der Waals surface area contributed by atoms with Gasteiger partial charge in [-0.3, -0.25) is 15.4 Å². The third-order valence-corrected chi connectivity index (χ3v) is 2.45. The number of nitriles is 1. The molecule has 0 spiro atoms. The summed E-state index contributed by atoms with van der Waals surface area (Å²) in [7, 11) is 1.45. The van der Waals surface area contributed by atoms with E-state index in [1.165, 1.54) is 25.3 Å². The highest BCUT2D eigenvalue weighted by Crippen LogP contribution is 2.31. The molecule has 0 aromatic heterocycles. The van der Waals surface area contributed by atoms with Gasteiger partial charge in [0.2, 0.25) is 0 Å². The van der Waals surface area contributed by atoms with Crippen LogP contribution in [0.1, 0.15) is 13.8 Å². The summed E-state index contributed by atoms with van der Waals surface area (Å²) in [6, 6.07) is 5.78. The molecule has 0 radical (unpaired) electrons. The molecule has 1 N–H and O–H groups in total. The molecule has 1 unspecified atom stereocenters. The van der Waals surface area contributed by atoms with Crippen LogP contribution in [0.2, 0.25) is 0 Å². The maximum atomic E-state index is 10.7. The molecule has 1 aromatic rings. The van der Waals surface area contributed by atoms with Crippen LogP contribution in [0.5, 0.6) is 11.5 Å². The SMILES string of the molecule is COc1ccc([N+](=O)[O-])cc1OCC(C#N)NC(C)C. The third-order valence-electron chi connectivity index (χ3n) is 2.45. The van der Waals surface area contributed by atoms with Gasteiger partial charge in [0.05, 0.1) is 24.2 Å². The van der Waals surface area contributed by atoms with Gasteiger partial charge < -0.3 is 9.47 Å². The molecule has 0 aliphatic rings. The van der Waals surface area contributed by atoms with Gasteiger partial charge in [0, 0.05) is 12.1 Å². The molecular formula is C13H17N3O4. The van der Waals surface area contributed by atoms with Crippen LogP contribution in [0.25, 0.3) is 0 Å². The number of benzene rings is 1. The topological polar surface area (TPSA) is 97.4 Å². The first-order chi connectivity index (χ1) is 9.47. The van der Waals surface area contributed by atoms with E-state index in [1.54, 1.807) is 0 Å². The van der Waals surface area contributed by atoms with Crippen molar-refractivity contribution in [1.29, 1.82) is 5.26 Å². The minimum atomic E-state index is -0.513. The average molecular weight is 279 g/mol. The Hall–Kier alpha value is -2.33. The normalized spacial score (nSPS) is 11.8. The molecule has 0 saturated heterocycles. The third kappa shape index (κ3) is 4.40. The second kappa shape index (κ2) is 7.31. The summed E-state index contributed by atoms with van der Waals surface area (Å²) in [5.41, 5.74) is -0.0915. The molecule has 0 aliphatic heterocycles. The number of hydrogen-bond donors (Lipinski definition) is 1. The van der Waals surface area contributed by atoms with E-state index in [2.05, 4.69) is 11.4 Å². The summed E-state index contributed by atoms with van der Waals surface area (Å²) in [6.45, 7) is 3.91. The Kier molecular flexibility index (Phi) is 5.74. The number of nitro groups is 1. The van der Waals surface area contributed by atoms with Crippen molar-refractivity contribution in [2.75, 3.05) is 13.7 Å². The zero-order valence-corrected chi connectivity index (χ0v) is 11.6. The zero-order valence-electron chi connectivity index (χ0n) is 11.6. The maximum absolute atomic E-state index is 10.7. The van der Waals surface area contributed by atoms with Crippen LogP contribution in [0, 0.1) is 21.4 Å². The lowest BCUT2D eigenvalue weighted by Crippen LogP contribution is -2.38. The predicted molar refractivity (Wildman–Crippen MR) is 72.8 cm³/mol. The molecule has 0 saturated carbocycles. The average Bonchev–Trinajstić information content (AvgIpc) is 2.42. The highest BCUT2D eigenvalue weighted by molar-refractivity contribution is 5.48. The molecule has 0 fully saturated rings. The quantitative estimate of drug-likeness (QED) is 0.604. The van der Waals surface area contributed by atoms with Gasteiger partial charge in [0.25, 0.3) is 5.69 Å². The van der Waals surface area contributed by atoms with E-state index in [9.17, 15) is 10.1 Å². The van der Waals surface area contributed by atoms with E-state index < -0.39 is 11.0 Å². The van der Waals surface area contributed by atoms with Crippen molar-refractivity contribution in [1.82, 2.24) is 5.32 Å². The number of non-ortho nitro benzene ring substituents is 1. The Labute approximate surface area is 117 Å². The minimum Gasteiger partial charge on any atom is -0.493 e. The number of hydrogen-bond acceptors (Lipinski definition) is 6. The summed E-state index contributed by atoms with van der Waals surface area (Å²) in [5, 5.41) is 22.7. The van der Waals surface area contributed by atoms with Crippen molar-refractivity contribution < 1.29 is 14.4 Å². The molecule has 0 heterocycles. The molecule has 0 aliphatic carbocycles. The Bertz CT molecular complexity index is 511. The van der Waals surface area contributed by atoms with E-state index in [0.29, 0.717) is 5.75 Å². The van der Waals surface area contributed by atoms with Crippen LogP contribution in [-0.2, 0) is 0 Å². The van der Waals surface area contributed by atoms with Gasteiger partial charge in [-0.15, -0.1) is 0 Å². The van der Waals surface area contributed by atoms with Crippen LogP contribution in [0.15, 0.2) is 18.2 Å². The van der Waals surface area contributed by atoms with Gasteiger partial charge in [0.1, 0.15) is 12.6 Å². The first kappa shape index (κ1) is 15.7. The van der Waals surface area contributed by atoms with Crippen LogP contribution < -0.4 is 14.8 Å². The Morgan fingerprint density at radius 3 is 2.65 bits per heavy atom. The molecule has 1 rings (SSSR count). The zero-order chi connectivity index (χ0) is 15.1. The van der Waals surface area contributed by atoms with Crippen molar-refractivity contribution >= 4 is 5.69 Å². The van der Waals surface area contributed by atoms with Crippen molar-refractivity contribution in [3.05, 3.63) is 28.3 Å². The molecule has 1 aromatic carbocycles. The molecule has 0 bridgehead atoms. The molecule has 20 heavy (non-hydrogen) atoms. The minimum absolute atomic E-state index is 0.0756. The Balaban J connectivity index is 2.82. The van der Waals surface area contributed by atoms with Gasteiger partial charge >= 0.3 is 0 Å². The number of nitro benzene ring substituents is 1. The monoisotopic (exact) mass is 279 g/mol. The fourth-order valence-corrected chi connectivity index (χ4v) is 1.59. The van der Waals surface area contributed by atoms with Crippen molar-refractivity contribution in [2.45, 2.75) is 25.9 Å². The van der Waals surface area contributed by atoms with E-state index in [0.717, 1.165) is 0 Å². The largest absolute Gasteiger partial charge is 0.493 e. The molecule has 7 heteroatoms. The van der Waals surface area contributed by atoms with Crippen LogP contribution >= 0.6 is 0 Å². The Morgan fingerprint density at radius 2 is 2.15 bits per heavy atom. The summed E-state index contributed by atoms with van der Waals surface area (Å²) < 4.78 is 10.5. The summed E-state index contributed by atoms with van der Waals surface area (Å²) in [4.78, 5) is 10.2.